The van der Waals surface area contributed by atoms with Gasteiger partial charge in [-0.05, 0) is 6.42 Å². The van der Waals surface area contributed by atoms with Crippen LogP contribution in [0.2, 0.25) is 0 Å². The molecule has 0 aromatic carbocycles. The minimum Gasteiger partial charge on any atom is -0.447 e. The number of hydrogen-bond donors (Lipinski definition) is 0. The first-order chi connectivity index (χ1) is 4.88. The van der Waals surface area contributed by atoms with E-state index in [1.165, 1.54) is 0 Å². The van der Waals surface area contributed by atoms with Gasteiger partial charge in [-0.2, -0.15) is 0 Å². The minimum atomic E-state index is -0.158. The summed E-state index contributed by atoms with van der Waals surface area (Å²) in [5, 5.41) is 0. The third-order valence-corrected chi connectivity index (χ3v) is 1.95. The molecule has 2 aliphatic heterocycles. The lowest BCUT2D eigenvalue weighted by Crippen LogP contribution is -2.35. The van der Waals surface area contributed by atoms with Gasteiger partial charge in [-0.15, -0.1) is 0 Å². The van der Waals surface area contributed by atoms with Crippen molar-refractivity contribution in [3.05, 3.63) is 12.2 Å². The Morgan fingerprint density at radius 1 is 1.60 bits per heavy atom. The highest BCUT2D eigenvalue weighted by atomic mass is 16.6. The number of hydrogen-bond acceptors (Lipinski definition) is 2. The molecule has 0 aliphatic carbocycles. The minimum absolute atomic E-state index is 0.158. The van der Waals surface area contributed by atoms with Crippen molar-refractivity contribution in [2.75, 3.05) is 13.2 Å². The molecule has 10 heavy (non-hydrogen) atoms. The molecule has 3 nitrogen and oxygen atoms in total. The fourth-order valence-corrected chi connectivity index (χ4v) is 1.35. The van der Waals surface area contributed by atoms with Crippen LogP contribution in [0.4, 0.5) is 4.79 Å². The van der Waals surface area contributed by atoms with Crippen LogP contribution in [-0.2, 0) is 4.74 Å². The first kappa shape index (κ1) is 5.77. The molecule has 54 valence electrons. The Hall–Kier alpha value is -0.990. The molecule has 1 saturated heterocycles. The van der Waals surface area contributed by atoms with Crippen LogP contribution in [0, 0.1) is 0 Å². The largest absolute Gasteiger partial charge is 0.447 e. The Bertz CT molecular complexity index is 188. The van der Waals surface area contributed by atoms with Gasteiger partial charge in [-0.3, -0.25) is 4.90 Å². The van der Waals surface area contributed by atoms with Crippen molar-refractivity contribution in [3.8, 4) is 0 Å². The maximum Gasteiger partial charge on any atom is 0.410 e. The summed E-state index contributed by atoms with van der Waals surface area (Å²) in [6.45, 7) is 1.30. The molecule has 2 rings (SSSR count). The molecule has 1 unspecified atom stereocenters. The van der Waals surface area contributed by atoms with Crippen LogP contribution in [0.5, 0.6) is 0 Å². The van der Waals surface area contributed by atoms with E-state index in [9.17, 15) is 4.79 Å². The second-order valence-corrected chi connectivity index (χ2v) is 2.59. The molecule has 3 heteroatoms. The highest BCUT2D eigenvalue weighted by Crippen LogP contribution is 2.18. The van der Waals surface area contributed by atoms with E-state index in [4.69, 9.17) is 4.74 Å². The van der Waals surface area contributed by atoms with Crippen LogP contribution < -0.4 is 0 Å². The van der Waals surface area contributed by atoms with Crippen molar-refractivity contribution < 1.29 is 9.53 Å². The van der Waals surface area contributed by atoms with Gasteiger partial charge in [-0.25, -0.2) is 4.79 Å². The standard InChI is InChI=1S/C7H9NO2/c9-7-8-4-2-1-3-6(8)5-10-7/h1-2,6H,3-5H2. The zero-order valence-electron chi connectivity index (χ0n) is 5.62. The number of carbonyl (C=O) groups is 1. The zero-order chi connectivity index (χ0) is 6.97. The van der Waals surface area contributed by atoms with Crippen molar-refractivity contribution in [2.24, 2.45) is 0 Å². The molecule has 0 radical (unpaired) electrons. The van der Waals surface area contributed by atoms with Gasteiger partial charge in [0.15, 0.2) is 0 Å². The molecule has 1 amide bonds. The molecule has 0 bridgehead atoms. The Labute approximate surface area is 59.3 Å². The van der Waals surface area contributed by atoms with E-state index in [2.05, 4.69) is 6.08 Å². The Balaban J connectivity index is 2.17. The van der Waals surface area contributed by atoms with E-state index < -0.39 is 0 Å². The molecule has 0 spiro atoms. The normalized spacial score (nSPS) is 30.2. The summed E-state index contributed by atoms with van der Waals surface area (Å²) in [5.41, 5.74) is 0. The van der Waals surface area contributed by atoms with Crippen LogP contribution in [0.3, 0.4) is 0 Å². The first-order valence-electron chi connectivity index (χ1n) is 3.46. The van der Waals surface area contributed by atoms with Gasteiger partial charge in [0, 0.05) is 6.54 Å². The van der Waals surface area contributed by atoms with Gasteiger partial charge in [0.05, 0.1) is 6.04 Å². The summed E-state index contributed by atoms with van der Waals surface area (Å²) in [6, 6.07) is 0.317. The average molecular weight is 139 g/mol. The molecule has 1 fully saturated rings. The highest BCUT2D eigenvalue weighted by Gasteiger charge is 2.32. The number of cyclic esters (lactones) is 1. The number of ether oxygens (including phenoxy) is 1. The summed E-state index contributed by atoms with van der Waals surface area (Å²) in [7, 11) is 0. The monoisotopic (exact) mass is 139 g/mol. The van der Waals surface area contributed by atoms with Crippen molar-refractivity contribution in [2.45, 2.75) is 12.5 Å². The Morgan fingerprint density at radius 3 is 3.30 bits per heavy atom. The van der Waals surface area contributed by atoms with Crippen molar-refractivity contribution in [3.63, 3.8) is 0 Å². The van der Waals surface area contributed by atoms with E-state index in [-0.39, 0.29) is 6.09 Å². The third-order valence-electron chi connectivity index (χ3n) is 1.95. The lowest BCUT2D eigenvalue weighted by atomic mass is 10.1. The zero-order valence-corrected chi connectivity index (χ0v) is 5.62. The molecular formula is C7H9NO2. The number of amides is 1. The van der Waals surface area contributed by atoms with Crippen molar-refractivity contribution in [1.29, 1.82) is 0 Å². The highest BCUT2D eigenvalue weighted by molar-refractivity contribution is 5.70. The van der Waals surface area contributed by atoms with Gasteiger partial charge >= 0.3 is 6.09 Å². The second kappa shape index (κ2) is 2.01. The quantitative estimate of drug-likeness (QED) is 0.464. The Kier molecular flexibility index (Phi) is 1.16. The summed E-state index contributed by atoms with van der Waals surface area (Å²) in [5.74, 6) is 0. The molecule has 2 heterocycles. The lowest BCUT2D eigenvalue weighted by Gasteiger charge is -2.21. The van der Waals surface area contributed by atoms with Crippen LogP contribution >= 0.6 is 0 Å². The average Bonchev–Trinajstić information content (AvgIpc) is 2.34. The molecule has 0 N–H and O–H groups in total. The van der Waals surface area contributed by atoms with E-state index in [0.29, 0.717) is 12.6 Å². The summed E-state index contributed by atoms with van der Waals surface area (Å²) in [6.07, 6.45) is 4.90. The predicted octanol–water partition coefficient (Wildman–Crippen LogP) is 0.767. The van der Waals surface area contributed by atoms with Crippen molar-refractivity contribution >= 4 is 6.09 Å². The predicted molar refractivity (Wildman–Crippen MR) is 35.6 cm³/mol. The van der Waals surface area contributed by atoms with Gasteiger partial charge in [0.2, 0.25) is 0 Å². The fraction of sp³-hybridized carbons (Fsp3) is 0.571. The van der Waals surface area contributed by atoms with E-state index in [1.54, 1.807) is 4.90 Å². The summed E-state index contributed by atoms with van der Waals surface area (Å²) >= 11 is 0. The molecule has 0 aromatic heterocycles. The van der Waals surface area contributed by atoms with E-state index in [1.807, 2.05) is 6.08 Å². The maximum atomic E-state index is 10.9. The molecule has 0 aromatic rings. The molecule has 1 atom stereocenters. The third kappa shape index (κ3) is 0.701. The number of fused-ring (bicyclic) bond motifs is 1. The molecule has 2 aliphatic rings. The summed E-state index contributed by atoms with van der Waals surface area (Å²) < 4.78 is 4.85. The first-order valence-corrected chi connectivity index (χ1v) is 3.46. The maximum absolute atomic E-state index is 10.9. The number of nitrogens with zero attached hydrogens (tertiary/aromatic N) is 1. The lowest BCUT2D eigenvalue weighted by molar-refractivity contribution is 0.160. The Morgan fingerprint density at radius 2 is 2.50 bits per heavy atom. The topological polar surface area (TPSA) is 29.5 Å². The summed E-state index contributed by atoms with van der Waals surface area (Å²) in [4.78, 5) is 12.6. The number of carbonyl (C=O) groups excluding carboxylic acids is 1. The SMILES string of the molecule is O=C1OCC2CC=CCN12. The van der Waals surface area contributed by atoms with Crippen LogP contribution in [0.15, 0.2) is 12.2 Å². The smallest absolute Gasteiger partial charge is 0.410 e. The fourth-order valence-electron chi connectivity index (χ4n) is 1.35. The van der Waals surface area contributed by atoms with Crippen LogP contribution in [0.1, 0.15) is 6.42 Å². The van der Waals surface area contributed by atoms with Crippen LogP contribution in [0.25, 0.3) is 0 Å². The van der Waals surface area contributed by atoms with Gasteiger partial charge in [0.25, 0.3) is 0 Å². The second-order valence-electron chi connectivity index (χ2n) is 2.59. The van der Waals surface area contributed by atoms with Gasteiger partial charge < -0.3 is 4.74 Å². The molecule has 0 saturated carbocycles. The van der Waals surface area contributed by atoms with E-state index in [0.717, 1.165) is 13.0 Å². The van der Waals surface area contributed by atoms with Crippen LogP contribution in [-0.4, -0.2) is 30.2 Å². The van der Waals surface area contributed by atoms with Crippen molar-refractivity contribution in [1.82, 2.24) is 4.90 Å². The van der Waals surface area contributed by atoms with Gasteiger partial charge in [-0.1, -0.05) is 12.2 Å². The van der Waals surface area contributed by atoms with E-state index >= 15 is 0 Å². The number of rotatable bonds is 0. The van der Waals surface area contributed by atoms with Gasteiger partial charge in [0.1, 0.15) is 6.61 Å². The molecular weight excluding hydrogens is 130 g/mol.